The van der Waals surface area contributed by atoms with Crippen LogP contribution < -0.4 is 15.5 Å². The predicted molar refractivity (Wildman–Crippen MR) is 128 cm³/mol. The first-order chi connectivity index (χ1) is 16.9. The summed E-state index contributed by atoms with van der Waals surface area (Å²) in [4.78, 5) is 23.0. The number of aromatic nitrogens is 2. The first-order valence-electron chi connectivity index (χ1n) is 10.7. The minimum absolute atomic E-state index is 0.269. The molecule has 1 aliphatic heterocycles. The Hall–Kier alpha value is -4.65. The van der Waals surface area contributed by atoms with Gasteiger partial charge in [0.15, 0.2) is 0 Å². The van der Waals surface area contributed by atoms with Crippen LogP contribution in [0.2, 0.25) is 0 Å². The average Bonchev–Trinajstić information content (AvgIpc) is 3.30. The summed E-state index contributed by atoms with van der Waals surface area (Å²) in [6, 6.07) is 10.8. The average molecular weight is 473 g/mol. The quantitative estimate of drug-likeness (QED) is 0.452. The Morgan fingerprint density at radius 1 is 1.29 bits per heavy atom. The fraction of sp³-hybridized carbons (Fsp3) is 0.160. The van der Waals surface area contributed by atoms with Gasteiger partial charge in [-0.3, -0.25) is 4.79 Å². The Balaban J connectivity index is 1.64. The van der Waals surface area contributed by atoms with Crippen molar-refractivity contribution in [1.82, 2.24) is 15.3 Å². The number of carbonyl (C=O) groups is 1. The largest absolute Gasteiger partial charge is 0.375 e. The third kappa shape index (κ3) is 4.84. The number of carbonyl (C=O) groups excluding carboxylic acids is 1. The van der Waals surface area contributed by atoms with Gasteiger partial charge in [-0.2, -0.15) is 5.26 Å². The zero-order valence-corrected chi connectivity index (χ0v) is 18.8. The number of benzene rings is 2. The molecule has 0 radical (unpaired) electrons. The Morgan fingerprint density at radius 3 is 2.74 bits per heavy atom. The summed E-state index contributed by atoms with van der Waals surface area (Å²) < 4.78 is 28.1. The van der Waals surface area contributed by atoms with E-state index in [1.165, 1.54) is 17.0 Å². The summed E-state index contributed by atoms with van der Waals surface area (Å²) in [7, 11) is 1.69. The standard InChI is InChI=1S/C25H21F2N7O/c1-30-22(5-8-28)33-25-31-9-6-21(32-25)16-11-15-7-10-34(24(15)17(12-16)14-29)23(35)13-18-19(26)3-2-4-20(18)27/h2-6,8-9,11-12,28,30H,7,10,13H2,1H3,(H,31,32,33)/b22-5+,28-8?. The molecular formula is C25H21F2N7O. The maximum atomic E-state index is 14.1. The minimum Gasteiger partial charge on any atom is -0.375 e. The van der Waals surface area contributed by atoms with Gasteiger partial charge in [0.1, 0.15) is 23.5 Å². The molecule has 0 saturated carbocycles. The number of fused-ring (bicyclic) bond motifs is 1. The van der Waals surface area contributed by atoms with Gasteiger partial charge in [0.25, 0.3) is 0 Å². The van der Waals surface area contributed by atoms with Gasteiger partial charge in [-0.05, 0) is 48.4 Å². The fourth-order valence-corrected chi connectivity index (χ4v) is 3.95. The lowest BCUT2D eigenvalue weighted by atomic mass is 10.0. The highest BCUT2D eigenvalue weighted by molar-refractivity contribution is 5.98. The van der Waals surface area contributed by atoms with E-state index in [1.54, 1.807) is 25.4 Å². The first kappa shape index (κ1) is 23.5. The minimum atomic E-state index is -0.779. The van der Waals surface area contributed by atoms with Crippen LogP contribution in [0.15, 0.2) is 54.5 Å². The van der Waals surface area contributed by atoms with Crippen LogP contribution in [0.5, 0.6) is 0 Å². The molecule has 1 amide bonds. The van der Waals surface area contributed by atoms with E-state index in [9.17, 15) is 18.8 Å². The molecule has 3 aromatic rings. The number of amides is 1. The topological polar surface area (TPSA) is 118 Å². The molecule has 8 nitrogen and oxygen atoms in total. The summed E-state index contributed by atoms with van der Waals surface area (Å²) in [6.07, 6.45) is 4.25. The van der Waals surface area contributed by atoms with Gasteiger partial charge in [0.2, 0.25) is 11.9 Å². The molecule has 0 saturated heterocycles. The molecule has 0 bridgehead atoms. The van der Waals surface area contributed by atoms with Crippen molar-refractivity contribution < 1.29 is 13.6 Å². The Kier molecular flexibility index (Phi) is 6.78. The van der Waals surface area contributed by atoms with Crippen molar-refractivity contribution in [3.05, 3.63) is 82.8 Å². The van der Waals surface area contributed by atoms with Gasteiger partial charge < -0.3 is 20.9 Å². The number of hydrogen-bond acceptors (Lipinski definition) is 7. The molecule has 0 unspecified atom stereocenters. The smallest absolute Gasteiger partial charge is 0.231 e. The van der Waals surface area contributed by atoms with Crippen LogP contribution in [-0.4, -0.2) is 35.7 Å². The fourth-order valence-electron chi connectivity index (χ4n) is 3.95. The number of rotatable bonds is 7. The van der Waals surface area contributed by atoms with Gasteiger partial charge >= 0.3 is 0 Å². The highest BCUT2D eigenvalue weighted by Gasteiger charge is 2.29. The SMILES string of the molecule is CN/C(=C\C=N)Nc1nccc(-c2cc(C#N)c3c(c2)CCN3C(=O)Cc2c(F)cccc2F)n1. The van der Waals surface area contributed by atoms with Crippen LogP contribution in [0.4, 0.5) is 20.4 Å². The maximum Gasteiger partial charge on any atom is 0.231 e. The van der Waals surface area contributed by atoms with Crippen molar-refractivity contribution >= 4 is 23.8 Å². The molecule has 4 rings (SSSR count). The number of nitriles is 1. The van der Waals surface area contributed by atoms with Crippen molar-refractivity contribution in [3.63, 3.8) is 0 Å². The number of anilines is 2. The van der Waals surface area contributed by atoms with Crippen LogP contribution in [0, 0.1) is 28.4 Å². The van der Waals surface area contributed by atoms with E-state index in [0.29, 0.717) is 41.7 Å². The van der Waals surface area contributed by atoms with Crippen molar-refractivity contribution in [2.75, 3.05) is 23.8 Å². The predicted octanol–water partition coefficient (Wildman–Crippen LogP) is 3.55. The maximum absolute atomic E-state index is 14.1. The van der Waals surface area contributed by atoms with Crippen molar-refractivity contribution in [2.45, 2.75) is 12.8 Å². The van der Waals surface area contributed by atoms with E-state index < -0.39 is 24.0 Å². The molecule has 0 spiro atoms. The first-order valence-corrected chi connectivity index (χ1v) is 10.7. The number of nitrogens with one attached hydrogen (secondary N) is 3. The van der Waals surface area contributed by atoms with Crippen LogP contribution in [0.1, 0.15) is 16.7 Å². The Bertz CT molecular complexity index is 1360. The van der Waals surface area contributed by atoms with Crippen molar-refractivity contribution in [3.8, 4) is 17.3 Å². The second-order valence-corrected chi connectivity index (χ2v) is 7.70. The zero-order valence-electron chi connectivity index (χ0n) is 18.8. The lowest BCUT2D eigenvalue weighted by Crippen LogP contribution is -2.31. The number of hydrogen-bond donors (Lipinski definition) is 3. The van der Waals surface area contributed by atoms with Crippen molar-refractivity contribution in [2.24, 2.45) is 0 Å². The number of nitrogens with zero attached hydrogens (tertiary/aromatic N) is 4. The molecule has 1 aromatic heterocycles. The molecule has 1 aliphatic rings. The normalized spacial score (nSPS) is 12.6. The van der Waals surface area contributed by atoms with E-state index in [4.69, 9.17) is 5.41 Å². The third-order valence-electron chi connectivity index (χ3n) is 5.59. The number of allylic oxidation sites excluding steroid dienone is 1. The summed E-state index contributed by atoms with van der Waals surface area (Å²) in [5.74, 6) is -1.21. The molecule has 176 valence electrons. The molecule has 2 heterocycles. The van der Waals surface area contributed by atoms with E-state index in [2.05, 4.69) is 26.7 Å². The van der Waals surface area contributed by atoms with Crippen LogP contribution >= 0.6 is 0 Å². The highest BCUT2D eigenvalue weighted by atomic mass is 19.1. The lowest BCUT2D eigenvalue weighted by Gasteiger charge is -2.19. The lowest BCUT2D eigenvalue weighted by molar-refractivity contribution is -0.118. The zero-order chi connectivity index (χ0) is 24.9. The van der Waals surface area contributed by atoms with Crippen molar-refractivity contribution in [1.29, 1.82) is 10.7 Å². The van der Waals surface area contributed by atoms with Gasteiger partial charge in [-0.25, -0.2) is 18.7 Å². The Labute approximate surface area is 200 Å². The molecule has 2 aromatic carbocycles. The second-order valence-electron chi connectivity index (χ2n) is 7.70. The Morgan fingerprint density at radius 2 is 2.06 bits per heavy atom. The molecule has 10 heteroatoms. The van der Waals surface area contributed by atoms with Gasteiger partial charge in [-0.15, -0.1) is 0 Å². The summed E-state index contributed by atoms with van der Waals surface area (Å²) in [5.41, 5.74) is 2.43. The highest BCUT2D eigenvalue weighted by Crippen LogP contribution is 2.36. The molecule has 3 N–H and O–H groups in total. The van der Waals surface area contributed by atoms with Gasteiger partial charge in [-0.1, -0.05) is 6.07 Å². The molecule has 0 aliphatic carbocycles. The third-order valence-corrected chi connectivity index (χ3v) is 5.59. The monoisotopic (exact) mass is 473 g/mol. The van der Waals surface area contributed by atoms with E-state index in [0.717, 1.165) is 23.9 Å². The summed E-state index contributed by atoms with van der Waals surface area (Å²) in [5, 5.41) is 22.9. The molecule has 0 atom stereocenters. The molecule has 0 fully saturated rings. The van der Waals surface area contributed by atoms with Crippen LogP contribution in [-0.2, 0) is 17.6 Å². The summed E-state index contributed by atoms with van der Waals surface area (Å²) >= 11 is 0. The van der Waals surface area contributed by atoms with Gasteiger partial charge in [0, 0.05) is 37.1 Å². The van der Waals surface area contributed by atoms with Crippen LogP contribution in [0.3, 0.4) is 0 Å². The number of halogens is 2. The van der Waals surface area contributed by atoms with E-state index in [-0.39, 0.29) is 11.1 Å². The van der Waals surface area contributed by atoms with E-state index in [1.807, 2.05) is 6.07 Å². The second kappa shape index (κ2) is 10.1. The molecular weight excluding hydrogens is 452 g/mol. The van der Waals surface area contributed by atoms with E-state index >= 15 is 0 Å². The van der Waals surface area contributed by atoms with Gasteiger partial charge in [0.05, 0.1) is 23.4 Å². The molecule has 35 heavy (non-hydrogen) atoms. The van der Waals surface area contributed by atoms with Crippen LogP contribution in [0.25, 0.3) is 11.3 Å². The summed E-state index contributed by atoms with van der Waals surface area (Å²) in [6.45, 7) is 0.304.